The number of fused-ring (bicyclic) bond motifs is 1. The van der Waals surface area contributed by atoms with E-state index in [0.29, 0.717) is 19.0 Å². The number of para-hydroxylation sites is 1. The maximum absolute atomic E-state index is 11.9. The largest absolute Gasteiger partial charge is 0.357 e. The summed E-state index contributed by atoms with van der Waals surface area (Å²) in [6.07, 6.45) is 0. The van der Waals surface area contributed by atoms with E-state index in [4.69, 9.17) is 0 Å². The third-order valence-electron chi connectivity index (χ3n) is 3.56. The van der Waals surface area contributed by atoms with Crippen molar-refractivity contribution in [2.45, 2.75) is 0 Å². The van der Waals surface area contributed by atoms with Crippen LogP contribution in [0, 0.1) is 0 Å². The summed E-state index contributed by atoms with van der Waals surface area (Å²) < 4.78 is 0. The Labute approximate surface area is 117 Å². The Morgan fingerprint density at radius 2 is 2.00 bits per heavy atom. The highest BCUT2D eigenvalue weighted by atomic mass is 16.2. The molecule has 0 spiro atoms. The second-order valence-electron chi connectivity index (χ2n) is 4.87. The molecule has 0 radical (unpaired) electrons. The lowest BCUT2D eigenvalue weighted by Crippen LogP contribution is -2.49. The van der Waals surface area contributed by atoms with Gasteiger partial charge in [-0.15, -0.1) is 0 Å². The van der Waals surface area contributed by atoms with Crippen molar-refractivity contribution < 1.29 is 4.79 Å². The Morgan fingerprint density at radius 3 is 2.75 bits per heavy atom. The number of carbonyl (C=O) groups excluding carboxylic acids is 1. The number of hydrogen-bond acceptors (Lipinski definition) is 5. The molecule has 1 fully saturated rings. The minimum Gasteiger partial charge on any atom is -0.357 e. The fourth-order valence-corrected chi connectivity index (χ4v) is 2.35. The molecule has 2 heterocycles. The second kappa shape index (κ2) is 4.96. The summed E-state index contributed by atoms with van der Waals surface area (Å²) in [5.41, 5.74) is 0.883. The van der Waals surface area contributed by atoms with E-state index in [9.17, 15) is 4.79 Å². The van der Waals surface area contributed by atoms with Gasteiger partial charge in [0.25, 0.3) is 0 Å². The molecule has 1 amide bonds. The first kappa shape index (κ1) is 12.7. The van der Waals surface area contributed by atoms with Crippen LogP contribution in [0.15, 0.2) is 24.3 Å². The molecular weight excluding hydrogens is 254 g/mol. The van der Waals surface area contributed by atoms with E-state index in [0.717, 1.165) is 23.3 Å². The molecule has 2 aromatic rings. The van der Waals surface area contributed by atoms with Gasteiger partial charge in [0.15, 0.2) is 0 Å². The minimum atomic E-state index is 0.116. The predicted molar refractivity (Wildman–Crippen MR) is 78.9 cm³/mol. The van der Waals surface area contributed by atoms with E-state index in [1.165, 1.54) is 0 Å². The number of amides is 1. The third-order valence-corrected chi connectivity index (χ3v) is 3.56. The van der Waals surface area contributed by atoms with E-state index in [2.05, 4.69) is 15.3 Å². The molecule has 6 nitrogen and oxygen atoms in total. The minimum absolute atomic E-state index is 0.116. The van der Waals surface area contributed by atoms with Crippen LogP contribution in [-0.4, -0.2) is 54.5 Å². The highest BCUT2D eigenvalue weighted by molar-refractivity contribution is 5.93. The van der Waals surface area contributed by atoms with E-state index in [1.54, 1.807) is 11.9 Å². The summed E-state index contributed by atoms with van der Waals surface area (Å²) >= 11 is 0. The molecule has 0 unspecified atom stereocenters. The van der Waals surface area contributed by atoms with Crippen molar-refractivity contribution >= 4 is 28.6 Å². The molecule has 1 saturated heterocycles. The number of benzene rings is 1. The standard InChI is InChI=1S/C14H17N5O/c1-15-14-16-11-6-4-3-5-10(11)13(17-14)19-8-7-18(2)12(20)9-19/h3-6H,7-9H2,1-2H3,(H,15,16,17). The Balaban J connectivity index is 2.08. The van der Waals surface area contributed by atoms with Gasteiger partial charge < -0.3 is 15.1 Å². The lowest BCUT2D eigenvalue weighted by molar-refractivity contribution is -0.129. The predicted octanol–water partition coefficient (Wildman–Crippen LogP) is 0.950. The first-order chi connectivity index (χ1) is 9.69. The molecule has 0 bridgehead atoms. The summed E-state index contributed by atoms with van der Waals surface area (Å²) in [6, 6.07) is 7.87. The number of nitrogens with zero attached hydrogens (tertiary/aromatic N) is 4. The van der Waals surface area contributed by atoms with Crippen molar-refractivity contribution in [3.05, 3.63) is 24.3 Å². The van der Waals surface area contributed by atoms with Crippen molar-refractivity contribution in [1.29, 1.82) is 0 Å². The molecule has 20 heavy (non-hydrogen) atoms. The van der Waals surface area contributed by atoms with Gasteiger partial charge in [0, 0.05) is 32.6 Å². The van der Waals surface area contributed by atoms with Crippen LogP contribution in [0.2, 0.25) is 0 Å². The van der Waals surface area contributed by atoms with Crippen molar-refractivity contribution in [2.75, 3.05) is 43.9 Å². The van der Waals surface area contributed by atoms with Gasteiger partial charge in [0.05, 0.1) is 12.1 Å². The normalized spacial score (nSPS) is 15.8. The molecule has 6 heteroatoms. The van der Waals surface area contributed by atoms with E-state index < -0.39 is 0 Å². The number of hydrogen-bond donors (Lipinski definition) is 1. The van der Waals surface area contributed by atoms with Crippen LogP contribution in [-0.2, 0) is 4.79 Å². The van der Waals surface area contributed by atoms with Crippen LogP contribution in [0.3, 0.4) is 0 Å². The van der Waals surface area contributed by atoms with Crippen LogP contribution in [0.25, 0.3) is 10.9 Å². The average molecular weight is 271 g/mol. The van der Waals surface area contributed by atoms with Crippen LogP contribution < -0.4 is 10.2 Å². The van der Waals surface area contributed by atoms with Crippen LogP contribution in [0.5, 0.6) is 0 Å². The second-order valence-corrected chi connectivity index (χ2v) is 4.87. The topological polar surface area (TPSA) is 61.4 Å². The molecule has 0 aliphatic carbocycles. The molecule has 1 aliphatic rings. The molecule has 1 aliphatic heterocycles. The lowest BCUT2D eigenvalue weighted by Gasteiger charge is -2.33. The number of carbonyl (C=O) groups is 1. The molecular formula is C14H17N5O. The summed E-state index contributed by atoms with van der Waals surface area (Å²) in [6.45, 7) is 1.86. The molecule has 1 aromatic heterocycles. The summed E-state index contributed by atoms with van der Waals surface area (Å²) in [5.74, 6) is 1.51. The van der Waals surface area contributed by atoms with Gasteiger partial charge in [-0.2, -0.15) is 4.98 Å². The molecule has 1 aromatic carbocycles. The monoisotopic (exact) mass is 271 g/mol. The quantitative estimate of drug-likeness (QED) is 0.881. The van der Waals surface area contributed by atoms with Gasteiger partial charge in [-0.1, -0.05) is 12.1 Å². The van der Waals surface area contributed by atoms with E-state index in [1.807, 2.05) is 36.2 Å². The fourth-order valence-electron chi connectivity index (χ4n) is 2.35. The van der Waals surface area contributed by atoms with Gasteiger partial charge in [-0.05, 0) is 12.1 Å². The van der Waals surface area contributed by atoms with Gasteiger partial charge >= 0.3 is 0 Å². The molecule has 3 rings (SSSR count). The van der Waals surface area contributed by atoms with Gasteiger partial charge in [0.1, 0.15) is 5.82 Å². The Hall–Kier alpha value is -2.37. The first-order valence-corrected chi connectivity index (χ1v) is 6.62. The molecule has 104 valence electrons. The fraction of sp³-hybridized carbons (Fsp3) is 0.357. The van der Waals surface area contributed by atoms with Crippen molar-refractivity contribution in [1.82, 2.24) is 14.9 Å². The number of piperazine rings is 1. The van der Waals surface area contributed by atoms with Crippen LogP contribution in [0.4, 0.5) is 11.8 Å². The third kappa shape index (κ3) is 2.13. The van der Waals surface area contributed by atoms with Crippen LogP contribution in [0.1, 0.15) is 0 Å². The smallest absolute Gasteiger partial charge is 0.241 e. The van der Waals surface area contributed by atoms with E-state index in [-0.39, 0.29) is 5.91 Å². The molecule has 0 saturated carbocycles. The summed E-state index contributed by atoms with van der Waals surface area (Å²) in [5, 5.41) is 3.95. The zero-order chi connectivity index (χ0) is 14.1. The zero-order valence-corrected chi connectivity index (χ0v) is 11.6. The number of likely N-dealkylation sites (N-methyl/N-ethyl adjacent to an activating group) is 1. The Morgan fingerprint density at radius 1 is 1.20 bits per heavy atom. The van der Waals surface area contributed by atoms with Crippen molar-refractivity contribution in [3.8, 4) is 0 Å². The first-order valence-electron chi connectivity index (χ1n) is 6.62. The number of aromatic nitrogens is 2. The number of nitrogens with one attached hydrogen (secondary N) is 1. The van der Waals surface area contributed by atoms with Gasteiger partial charge in [0.2, 0.25) is 11.9 Å². The zero-order valence-electron chi connectivity index (χ0n) is 11.6. The van der Waals surface area contributed by atoms with Gasteiger partial charge in [-0.25, -0.2) is 4.98 Å². The van der Waals surface area contributed by atoms with E-state index >= 15 is 0 Å². The van der Waals surface area contributed by atoms with Crippen molar-refractivity contribution in [2.24, 2.45) is 0 Å². The summed E-state index contributed by atoms with van der Waals surface area (Å²) in [4.78, 5) is 24.6. The maximum atomic E-state index is 11.9. The highest BCUT2D eigenvalue weighted by Gasteiger charge is 2.23. The lowest BCUT2D eigenvalue weighted by atomic mass is 10.2. The number of rotatable bonds is 2. The van der Waals surface area contributed by atoms with Gasteiger partial charge in [-0.3, -0.25) is 4.79 Å². The Bertz CT molecular complexity index is 657. The SMILES string of the molecule is CNc1nc(N2CCN(C)C(=O)C2)c2ccccc2n1. The summed E-state index contributed by atoms with van der Waals surface area (Å²) in [7, 11) is 3.62. The van der Waals surface area contributed by atoms with Crippen molar-refractivity contribution in [3.63, 3.8) is 0 Å². The number of anilines is 2. The molecule has 0 atom stereocenters. The average Bonchev–Trinajstić information content (AvgIpc) is 2.49. The molecule has 1 N–H and O–H groups in total. The van der Waals surface area contributed by atoms with Crippen LogP contribution >= 0.6 is 0 Å². The Kier molecular flexibility index (Phi) is 3.14. The maximum Gasteiger partial charge on any atom is 0.241 e. The highest BCUT2D eigenvalue weighted by Crippen LogP contribution is 2.26.